The summed E-state index contributed by atoms with van der Waals surface area (Å²) in [4.78, 5) is 11.0. The van der Waals surface area contributed by atoms with Crippen LogP contribution in [0.4, 0.5) is 5.82 Å². The fraction of sp³-hybridized carbons (Fsp3) is 0.500. The van der Waals surface area contributed by atoms with Gasteiger partial charge in [-0.25, -0.2) is 4.79 Å². The van der Waals surface area contributed by atoms with Gasteiger partial charge in [0, 0.05) is 30.9 Å². The van der Waals surface area contributed by atoms with Crippen LogP contribution in [0.3, 0.4) is 0 Å². The third-order valence-corrected chi connectivity index (χ3v) is 2.08. The standard InChI is InChI=1S/C12H19N3O2/c1-4-17-12(16)6-5-8-13-11-7-9-15(14-11)10(2)3/h5-7,9-10H,4,8H2,1-3H3,(H,13,14)/b6-5+. The summed E-state index contributed by atoms with van der Waals surface area (Å²) < 4.78 is 6.63. The van der Waals surface area contributed by atoms with E-state index >= 15 is 0 Å². The maximum absolute atomic E-state index is 11.0. The Morgan fingerprint density at radius 1 is 1.65 bits per heavy atom. The summed E-state index contributed by atoms with van der Waals surface area (Å²) in [5.74, 6) is 0.481. The molecule has 1 aromatic rings. The number of nitrogens with one attached hydrogen (secondary N) is 1. The van der Waals surface area contributed by atoms with Gasteiger partial charge in [-0.3, -0.25) is 4.68 Å². The maximum atomic E-state index is 11.0. The highest BCUT2D eigenvalue weighted by molar-refractivity contribution is 5.81. The van der Waals surface area contributed by atoms with Gasteiger partial charge in [-0.15, -0.1) is 0 Å². The molecule has 0 aliphatic heterocycles. The van der Waals surface area contributed by atoms with E-state index in [1.165, 1.54) is 6.08 Å². The first-order chi connectivity index (χ1) is 8.13. The highest BCUT2D eigenvalue weighted by Gasteiger charge is 2.00. The Kier molecular flexibility index (Phi) is 5.26. The molecule has 1 heterocycles. The van der Waals surface area contributed by atoms with Crippen molar-refractivity contribution in [3.05, 3.63) is 24.4 Å². The minimum atomic E-state index is -0.318. The highest BCUT2D eigenvalue weighted by atomic mass is 16.5. The first kappa shape index (κ1) is 13.3. The van der Waals surface area contributed by atoms with Gasteiger partial charge >= 0.3 is 5.97 Å². The molecule has 94 valence electrons. The van der Waals surface area contributed by atoms with E-state index in [4.69, 9.17) is 4.74 Å². The van der Waals surface area contributed by atoms with Gasteiger partial charge in [-0.05, 0) is 20.8 Å². The molecule has 0 unspecified atom stereocenters. The first-order valence-corrected chi connectivity index (χ1v) is 5.75. The van der Waals surface area contributed by atoms with Crippen LogP contribution in [0.25, 0.3) is 0 Å². The second kappa shape index (κ2) is 6.73. The van der Waals surface area contributed by atoms with Gasteiger partial charge < -0.3 is 10.1 Å². The molecule has 1 aromatic heterocycles. The van der Waals surface area contributed by atoms with E-state index in [1.807, 2.05) is 16.9 Å². The lowest BCUT2D eigenvalue weighted by Gasteiger charge is -2.03. The van der Waals surface area contributed by atoms with E-state index in [1.54, 1.807) is 13.0 Å². The number of anilines is 1. The highest BCUT2D eigenvalue weighted by Crippen LogP contribution is 2.07. The van der Waals surface area contributed by atoms with E-state index in [2.05, 4.69) is 24.3 Å². The van der Waals surface area contributed by atoms with Crippen LogP contribution in [-0.4, -0.2) is 28.9 Å². The Labute approximate surface area is 101 Å². The molecule has 0 aliphatic rings. The van der Waals surface area contributed by atoms with Gasteiger partial charge in [0.25, 0.3) is 0 Å². The van der Waals surface area contributed by atoms with Crippen LogP contribution >= 0.6 is 0 Å². The molecule has 17 heavy (non-hydrogen) atoms. The molecule has 5 nitrogen and oxygen atoms in total. The molecule has 0 saturated heterocycles. The summed E-state index contributed by atoms with van der Waals surface area (Å²) >= 11 is 0. The zero-order valence-corrected chi connectivity index (χ0v) is 10.5. The van der Waals surface area contributed by atoms with Gasteiger partial charge in [0.15, 0.2) is 0 Å². The van der Waals surface area contributed by atoms with Gasteiger partial charge in [0.2, 0.25) is 0 Å². The number of nitrogens with zero attached hydrogens (tertiary/aromatic N) is 2. The van der Waals surface area contributed by atoms with Crippen molar-refractivity contribution in [1.82, 2.24) is 9.78 Å². The molecule has 0 fully saturated rings. The average molecular weight is 237 g/mol. The lowest BCUT2D eigenvalue weighted by atomic mass is 10.4. The summed E-state index contributed by atoms with van der Waals surface area (Å²) in [5, 5.41) is 7.41. The number of rotatable bonds is 6. The van der Waals surface area contributed by atoms with Crippen molar-refractivity contribution in [2.75, 3.05) is 18.5 Å². The Hall–Kier alpha value is -1.78. The number of aromatic nitrogens is 2. The summed E-state index contributed by atoms with van der Waals surface area (Å²) in [6.07, 6.45) is 5.05. The molecule has 5 heteroatoms. The fourth-order valence-electron chi connectivity index (χ4n) is 1.23. The molecule has 0 amide bonds. The van der Waals surface area contributed by atoms with Crippen LogP contribution in [0.1, 0.15) is 26.8 Å². The van der Waals surface area contributed by atoms with Crippen molar-refractivity contribution in [2.45, 2.75) is 26.8 Å². The fourth-order valence-corrected chi connectivity index (χ4v) is 1.23. The molecular formula is C12H19N3O2. The van der Waals surface area contributed by atoms with Crippen LogP contribution in [0.2, 0.25) is 0 Å². The second-order valence-corrected chi connectivity index (χ2v) is 3.81. The third kappa shape index (κ3) is 4.72. The largest absolute Gasteiger partial charge is 0.463 e. The first-order valence-electron chi connectivity index (χ1n) is 5.75. The Morgan fingerprint density at radius 3 is 3.00 bits per heavy atom. The van der Waals surface area contributed by atoms with E-state index < -0.39 is 0 Å². The van der Waals surface area contributed by atoms with Crippen molar-refractivity contribution in [2.24, 2.45) is 0 Å². The minimum Gasteiger partial charge on any atom is -0.463 e. The number of carbonyl (C=O) groups is 1. The summed E-state index contributed by atoms with van der Waals surface area (Å²) in [6, 6.07) is 2.25. The van der Waals surface area contributed by atoms with Gasteiger partial charge in [0.1, 0.15) is 5.82 Å². The molecule has 1 rings (SSSR count). The SMILES string of the molecule is CCOC(=O)/C=C/CNc1ccn(C(C)C)n1. The van der Waals surface area contributed by atoms with Crippen LogP contribution in [0.15, 0.2) is 24.4 Å². The molecule has 0 atom stereocenters. The summed E-state index contributed by atoms with van der Waals surface area (Å²) in [7, 11) is 0. The normalized spacial score (nSPS) is 11.1. The Bertz CT molecular complexity index is 383. The van der Waals surface area contributed by atoms with E-state index in [0.717, 1.165) is 5.82 Å². The smallest absolute Gasteiger partial charge is 0.330 e. The van der Waals surface area contributed by atoms with Crippen molar-refractivity contribution in [3.63, 3.8) is 0 Å². The summed E-state index contributed by atoms with van der Waals surface area (Å²) in [6.45, 7) is 6.86. The van der Waals surface area contributed by atoms with Gasteiger partial charge in [0.05, 0.1) is 6.61 Å². The molecule has 0 aromatic carbocycles. The molecular weight excluding hydrogens is 218 g/mol. The second-order valence-electron chi connectivity index (χ2n) is 3.81. The maximum Gasteiger partial charge on any atom is 0.330 e. The van der Waals surface area contributed by atoms with E-state index in [0.29, 0.717) is 19.2 Å². The summed E-state index contributed by atoms with van der Waals surface area (Å²) in [5.41, 5.74) is 0. The number of carbonyl (C=O) groups excluding carboxylic acids is 1. The van der Waals surface area contributed by atoms with Crippen molar-refractivity contribution < 1.29 is 9.53 Å². The zero-order valence-electron chi connectivity index (χ0n) is 10.5. The number of ether oxygens (including phenoxy) is 1. The average Bonchev–Trinajstić information content (AvgIpc) is 2.73. The lowest BCUT2D eigenvalue weighted by molar-refractivity contribution is -0.137. The molecule has 0 radical (unpaired) electrons. The van der Waals surface area contributed by atoms with Crippen LogP contribution in [-0.2, 0) is 9.53 Å². The Morgan fingerprint density at radius 2 is 2.41 bits per heavy atom. The Balaban J connectivity index is 2.33. The predicted molar refractivity (Wildman–Crippen MR) is 66.9 cm³/mol. The van der Waals surface area contributed by atoms with Gasteiger partial charge in [-0.2, -0.15) is 5.10 Å². The molecule has 0 bridgehead atoms. The predicted octanol–water partition coefficient (Wildman–Crippen LogP) is 2.00. The van der Waals surface area contributed by atoms with E-state index in [-0.39, 0.29) is 5.97 Å². The third-order valence-electron chi connectivity index (χ3n) is 2.08. The van der Waals surface area contributed by atoms with Crippen LogP contribution in [0, 0.1) is 0 Å². The van der Waals surface area contributed by atoms with Gasteiger partial charge in [-0.1, -0.05) is 6.08 Å². The van der Waals surface area contributed by atoms with Crippen molar-refractivity contribution in [1.29, 1.82) is 0 Å². The molecule has 0 saturated carbocycles. The number of hydrogen-bond acceptors (Lipinski definition) is 4. The van der Waals surface area contributed by atoms with E-state index in [9.17, 15) is 4.79 Å². The van der Waals surface area contributed by atoms with Crippen LogP contribution in [0.5, 0.6) is 0 Å². The monoisotopic (exact) mass is 237 g/mol. The molecule has 0 aliphatic carbocycles. The zero-order chi connectivity index (χ0) is 12.7. The minimum absolute atomic E-state index is 0.318. The lowest BCUT2D eigenvalue weighted by Crippen LogP contribution is -2.05. The van der Waals surface area contributed by atoms with Crippen molar-refractivity contribution >= 4 is 11.8 Å². The molecule has 0 spiro atoms. The van der Waals surface area contributed by atoms with Crippen molar-refractivity contribution in [3.8, 4) is 0 Å². The van der Waals surface area contributed by atoms with Crippen LogP contribution < -0.4 is 5.32 Å². The molecule has 1 N–H and O–H groups in total. The number of hydrogen-bond donors (Lipinski definition) is 1. The number of esters is 1. The topological polar surface area (TPSA) is 56.1 Å². The quantitative estimate of drug-likeness (QED) is 0.607.